The summed E-state index contributed by atoms with van der Waals surface area (Å²) in [7, 11) is 0. The number of fused-ring (bicyclic) bond motifs is 13. The summed E-state index contributed by atoms with van der Waals surface area (Å²) in [5, 5.41) is 16.6. The quantitative estimate of drug-likeness (QED) is 0.183. The van der Waals surface area contributed by atoms with Gasteiger partial charge in [-0.25, -0.2) is 9.97 Å². The molecule has 0 spiro atoms. The van der Waals surface area contributed by atoms with Crippen molar-refractivity contribution in [2.75, 3.05) is 0 Å². The summed E-state index contributed by atoms with van der Waals surface area (Å²) in [5.41, 5.74) is 10.8. The van der Waals surface area contributed by atoms with E-state index in [9.17, 15) is 0 Å². The topological polar surface area (TPSA) is 66.3 Å². The van der Waals surface area contributed by atoms with Gasteiger partial charge in [0, 0.05) is 43.7 Å². The molecular formula is C48H29N7. The fourth-order valence-corrected chi connectivity index (χ4v) is 8.72. The number of aromatic nitrogens is 7. The highest BCUT2D eigenvalue weighted by Gasteiger charge is 2.27. The van der Waals surface area contributed by atoms with Crippen LogP contribution in [0.4, 0.5) is 0 Å². The van der Waals surface area contributed by atoms with Crippen molar-refractivity contribution in [1.29, 1.82) is 0 Å². The highest BCUT2D eigenvalue weighted by atomic mass is 15.2. The Bertz CT molecular complexity index is 3430. The van der Waals surface area contributed by atoms with E-state index in [1.807, 2.05) is 18.2 Å². The highest BCUT2D eigenvalue weighted by molar-refractivity contribution is 6.35. The summed E-state index contributed by atoms with van der Waals surface area (Å²) >= 11 is 0. The van der Waals surface area contributed by atoms with E-state index in [1.54, 1.807) is 0 Å². The molecule has 0 radical (unpaired) electrons. The SMILES string of the molecule is c1ccc(-n2c3ccccc3c3c4nnc(-c5cccc(-n6c7ccccc7c7ccccc76)n5)nc4c4c5ccccc5n(-c5ccccc5)c4c32)cc1. The molecule has 7 heteroatoms. The summed E-state index contributed by atoms with van der Waals surface area (Å²) in [6.45, 7) is 0. The van der Waals surface area contributed by atoms with Crippen LogP contribution < -0.4 is 0 Å². The molecule has 0 atom stereocenters. The van der Waals surface area contributed by atoms with Gasteiger partial charge in [-0.2, -0.15) is 0 Å². The fraction of sp³-hybridized carbons (Fsp3) is 0. The highest BCUT2D eigenvalue weighted by Crippen LogP contribution is 2.45. The molecule has 0 aliphatic carbocycles. The second kappa shape index (κ2) is 11.4. The molecule has 0 unspecified atom stereocenters. The van der Waals surface area contributed by atoms with Gasteiger partial charge in [0.2, 0.25) is 5.82 Å². The maximum atomic E-state index is 5.45. The van der Waals surface area contributed by atoms with Crippen LogP contribution in [0.1, 0.15) is 0 Å². The Labute approximate surface area is 314 Å². The number of pyridine rings is 1. The zero-order valence-electron chi connectivity index (χ0n) is 29.4. The molecule has 0 aliphatic heterocycles. The molecule has 0 fully saturated rings. The third kappa shape index (κ3) is 4.20. The first-order chi connectivity index (χ1) is 27.3. The lowest BCUT2D eigenvalue weighted by Crippen LogP contribution is -2.02. The van der Waals surface area contributed by atoms with E-state index in [0.29, 0.717) is 11.5 Å². The minimum Gasteiger partial charge on any atom is -0.307 e. The normalized spacial score (nSPS) is 12.0. The van der Waals surface area contributed by atoms with Gasteiger partial charge < -0.3 is 9.13 Å². The van der Waals surface area contributed by atoms with Gasteiger partial charge >= 0.3 is 0 Å². The fourth-order valence-electron chi connectivity index (χ4n) is 8.72. The summed E-state index contributed by atoms with van der Waals surface area (Å²) in [6, 6.07) is 61.3. The van der Waals surface area contributed by atoms with Crippen LogP contribution in [0.25, 0.3) is 105 Å². The van der Waals surface area contributed by atoms with Crippen LogP contribution in [0.15, 0.2) is 176 Å². The molecule has 0 amide bonds. The molecule has 0 N–H and O–H groups in total. The van der Waals surface area contributed by atoms with E-state index in [0.717, 1.165) is 82.9 Å². The maximum absolute atomic E-state index is 5.45. The van der Waals surface area contributed by atoms with Crippen LogP contribution in [0.3, 0.4) is 0 Å². The van der Waals surface area contributed by atoms with Crippen molar-refractivity contribution in [1.82, 2.24) is 33.9 Å². The lowest BCUT2D eigenvalue weighted by molar-refractivity contribution is 1.01. The summed E-state index contributed by atoms with van der Waals surface area (Å²) < 4.78 is 6.97. The van der Waals surface area contributed by atoms with E-state index in [4.69, 9.17) is 20.2 Å². The molecule has 12 rings (SSSR count). The van der Waals surface area contributed by atoms with Crippen LogP contribution in [0.2, 0.25) is 0 Å². The summed E-state index contributed by atoms with van der Waals surface area (Å²) in [5.74, 6) is 1.27. The molecule has 5 heterocycles. The first-order valence-corrected chi connectivity index (χ1v) is 18.4. The number of hydrogen-bond donors (Lipinski definition) is 0. The van der Waals surface area contributed by atoms with Crippen LogP contribution in [-0.2, 0) is 0 Å². The largest absolute Gasteiger partial charge is 0.307 e. The number of benzene rings is 7. The Hall–Kier alpha value is -7.64. The van der Waals surface area contributed by atoms with Crippen molar-refractivity contribution < 1.29 is 0 Å². The molecule has 7 nitrogen and oxygen atoms in total. The van der Waals surface area contributed by atoms with E-state index in [-0.39, 0.29) is 0 Å². The molecule has 0 saturated heterocycles. The second-order valence-corrected chi connectivity index (χ2v) is 13.9. The van der Waals surface area contributed by atoms with Crippen molar-refractivity contribution in [2.24, 2.45) is 0 Å². The first kappa shape index (κ1) is 29.9. The first-order valence-electron chi connectivity index (χ1n) is 18.4. The van der Waals surface area contributed by atoms with Crippen molar-refractivity contribution >= 4 is 76.5 Å². The Kier molecular flexibility index (Phi) is 6.21. The Morgan fingerprint density at radius 1 is 0.327 bits per heavy atom. The molecule has 5 aromatic heterocycles. The average Bonchev–Trinajstić information content (AvgIpc) is 3.91. The lowest BCUT2D eigenvalue weighted by atomic mass is 10.1. The van der Waals surface area contributed by atoms with Crippen molar-refractivity contribution in [3.8, 4) is 28.7 Å². The molecule has 0 bridgehead atoms. The van der Waals surface area contributed by atoms with Gasteiger partial charge in [-0.1, -0.05) is 115 Å². The standard InChI is InChI=1S/C48H29N7/c1-3-16-30(17-4-1)53-39-27-13-9-22-34(39)42-44-45(43-35-23-10-14-28-40(35)54(47(43)46(42)53)31-18-5-2-6-19-31)51-52-48(50-44)36-24-15-29-41(49-36)55-37-25-11-7-20-32(37)33-21-8-12-26-38(33)55/h1-29H. The number of nitrogens with zero attached hydrogens (tertiary/aromatic N) is 7. The van der Waals surface area contributed by atoms with E-state index in [2.05, 4.69) is 171 Å². The minimum atomic E-state index is 0.471. The van der Waals surface area contributed by atoms with Gasteiger partial charge in [0.1, 0.15) is 22.5 Å². The minimum absolute atomic E-state index is 0.471. The van der Waals surface area contributed by atoms with Gasteiger partial charge in [0.15, 0.2) is 0 Å². The molecule has 0 saturated carbocycles. The third-order valence-electron chi connectivity index (χ3n) is 10.9. The predicted molar refractivity (Wildman–Crippen MR) is 224 cm³/mol. The number of para-hydroxylation sites is 6. The predicted octanol–water partition coefficient (Wildman–Crippen LogP) is 11.4. The van der Waals surface area contributed by atoms with Crippen LogP contribution in [0.5, 0.6) is 0 Å². The van der Waals surface area contributed by atoms with E-state index in [1.165, 1.54) is 10.8 Å². The van der Waals surface area contributed by atoms with Crippen LogP contribution in [0, 0.1) is 0 Å². The van der Waals surface area contributed by atoms with Gasteiger partial charge in [0.05, 0.1) is 33.1 Å². The lowest BCUT2D eigenvalue weighted by Gasteiger charge is -2.13. The summed E-state index contributed by atoms with van der Waals surface area (Å²) in [4.78, 5) is 10.7. The van der Waals surface area contributed by atoms with Crippen LogP contribution in [-0.4, -0.2) is 33.9 Å². The zero-order chi connectivity index (χ0) is 36.0. The number of hydrogen-bond acceptors (Lipinski definition) is 4. The third-order valence-corrected chi connectivity index (χ3v) is 10.9. The molecule has 0 aliphatic rings. The monoisotopic (exact) mass is 703 g/mol. The van der Waals surface area contributed by atoms with Crippen molar-refractivity contribution in [2.45, 2.75) is 0 Å². The smallest absolute Gasteiger partial charge is 0.201 e. The van der Waals surface area contributed by atoms with Crippen molar-refractivity contribution in [3.63, 3.8) is 0 Å². The second-order valence-electron chi connectivity index (χ2n) is 13.9. The zero-order valence-corrected chi connectivity index (χ0v) is 29.4. The summed E-state index contributed by atoms with van der Waals surface area (Å²) in [6.07, 6.45) is 0. The van der Waals surface area contributed by atoms with Gasteiger partial charge in [-0.3, -0.25) is 4.57 Å². The molecule has 12 aromatic rings. The van der Waals surface area contributed by atoms with E-state index >= 15 is 0 Å². The molecule has 55 heavy (non-hydrogen) atoms. The van der Waals surface area contributed by atoms with Gasteiger partial charge in [0.25, 0.3) is 0 Å². The number of rotatable bonds is 4. The van der Waals surface area contributed by atoms with Gasteiger partial charge in [-0.15, -0.1) is 10.2 Å². The average molecular weight is 704 g/mol. The maximum Gasteiger partial charge on any atom is 0.201 e. The van der Waals surface area contributed by atoms with E-state index < -0.39 is 0 Å². The van der Waals surface area contributed by atoms with Crippen LogP contribution >= 0.6 is 0 Å². The Morgan fingerprint density at radius 3 is 1.33 bits per heavy atom. The Morgan fingerprint density at radius 2 is 0.782 bits per heavy atom. The van der Waals surface area contributed by atoms with Crippen molar-refractivity contribution in [3.05, 3.63) is 176 Å². The Balaban J connectivity index is 1.22. The van der Waals surface area contributed by atoms with Gasteiger partial charge in [-0.05, 0) is 60.7 Å². The molecule has 7 aromatic carbocycles. The molecule has 256 valence electrons. The molecular weight excluding hydrogens is 675 g/mol.